The first kappa shape index (κ1) is 12.0. The van der Waals surface area contributed by atoms with E-state index in [0.29, 0.717) is 5.82 Å². The van der Waals surface area contributed by atoms with Crippen LogP contribution in [-0.4, -0.2) is 23.1 Å². The lowest BCUT2D eigenvalue weighted by Gasteiger charge is -2.18. The molecular weight excluding hydrogens is 236 g/mol. The van der Waals surface area contributed by atoms with E-state index in [4.69, 9.17) is 5.73 Å². The van der Waals surface area contributed by atoms with E-state index in [9.17, 15) is 0 Å². The van der Waals surface area contributed by atoms with Crippen molar-refractivity contribution in [2.45, 2.75) is 19.8 Å². The highest BCUT2D eigenvalue weighted by molar-refractivity contribution is 5.76. The number of nitrogens with zero attached hydrogens (tertiary/aromatic N) is 3. The Morgan fingerprint density at radius 2 is 1.74 bits per heavy atom. The Morgan fingerprint density at radius 1 is 1.05 bits per heavy atom. The lowest BCUT2D eigenvalue weighted by atomic mass is 10.1. The average molecular weight is 254 g/mol. The molecule has 1 aromatic heterocycles. The smallest absolute Gasteiger partial charge is 0.227 e. The van der Waals surface area contributed by atoms with E-state index in [1.54, 1.807) is 0 Å². The van der Waals surface area contributed by atoms with E-state index < -0.39 is 0 Å². The maximum absolute atomic E-state index is 6.14. The first-order valence-electron chi connectivity index (χ1n) is 6.70. The molecule has 4 nitrogen and oxygen atoms in total. The molecule has 3 rings (SSSR count). The summed E-state index contributed by atoms with van der Waals surface area (Å²) in [6.07, 6.45) is 2.42. The summed E-state index contributed by atoms with van der Waals surface area (Å²) in [6.45, 7) is 4.06. The van der Waals surface area contributed by atoms with Gasteiger partial charge in [0.2, 0.25) is 5.95 Å². The summed E-state index contributed by atoms with van der Waals surface area (Å²) >= 11 is 0. The highest BCUT2D eigenvalue weighted by atomic mass is 15.3. The van der Waals surface area contributed by atoms with Crippen molar-refractivity contribution in [2.24, 2.45) is 0 Å². The molecule has 2 aromatic rings. The Bertz CT molecular complexity index is 551. The van der Waals surface area contributed by atoms with Crippen molar-refractivity contribution >= 4 is 11.8 Å². The Labute approximate surface area is 113 Å². The van der Waals surface area contributed by atoms with Crippen molar-refractivity contribution in [1.82, 2.24) is 9.97 Å². The molecule has 0 spiro atoms. The summed E-state index contributed by atoms with van der Waals surface area (Å²) in [4.78, 5) is 11.3. The minimum atomic E-state index is 0.570. The van der Waals surface area contributed by atoms with Gasteiger partial charge in [-0.25, -0.2) is 4.98 Å². The van der Waals surface area contributed by atoms with Crippen LogP contribution in [0.4, 0.5) is 11.8 Å². The number of benzene rings is 1. The fourth-order valence-corrected chi connectivity index (χ4v) is 2.60. The molecule has 0 radical (unpaired) electrons. The van der Waals surface area contributed by atoms with Crippen LogP contribution < -0.4 is 10.6 Å². The fourth-order valence-electron chi connectivity index (χ4n) is 2.60. The van der Waals surface area contributed by atoms with Crippen LogP contribution in [0.25, 0.3) is 11.1 Å². The number of hydrogen-bond acceptors (Lipinski definition) is 4. The third kappa shape index (κ3) is 2.26. The summed E-state index contributed by atoms with van der Waals surface area (Å²) in [5, 5.41) is 0. The first-order chi connectivity index (χ1) is 9.25. The van der Waals surface area contributed by atoms with Gasteiger partial charge in [0.05, 0.1) is 5.69 Å². The second kappa shape index (κ2) is 4.88. The fraction of sp³-hybridized carbons (Fsp3) is 0.333. The molecule has 0 atom stereocenters. The zero-order valence-electron chi connectivity index (χ0n) is 11.1. The maximum Gasteiger partial charge on any atom is 0.227 e. The first-order valence-corrected chi connectivity index (χ1v) is 6.70. The second-order valence-electron chi connectivity index (χ2n) is 4.93. The Balaban J connectivity index is 2.03. The van der Waals surface area contributed by atoms with Crippen molar-refractivity contribution in [1.29, 1.82) is 0 Å². The van der Waals surface area contributed by atoms with E-state index in [1.165, 1.54) is 12.8 Å². The summed E-state index contributed by atoms with van der Waals surface area (Å²) in [5.74, 6) is 1.34. The van der Waals surface area contributed by atoms with Crippen LogP contribution in [0, 0.1) is 6.92 Å². The van der Waals surface area contributed by atoms with Crippen LogP contribution in [0.1, 0.15) is 18.5 Å². The maximum atomic E-state index is 6.14. The number of aryl methyl sites for hydroxylation is 1. The van der Waals surface area contributed by atoms with Gasteiger partial charge in [0.1, 0.15) is 5.82 Å². The molecule has 1 aliphatic heterocycles. The zero-order valence-corrected chi connectivity index (χ0v) is 11.1. The number of hydrogen-bond donors (Lipinski definition) is 1. The Kier molecular flexibility index (Phi) is 3.07. The number of nitrogen functional groups attached to an aromatic ring is 1. The number of rotatable bonds is 2. The van der Waals surface area contributed by atoms with Gasteiger partial charge in [-0.15, -0.1) is 0 Å². The summed E-state index contributed by atoms with van der Waals surface area (Å²) in [6, 6.07) is 10.1. The van der Waals surface area contributed by atoms with Gasteiger partial charge < -0.3 is 10.6 Å². The van der Waals surface area contributed by atoms with E-state index in [0.717, 1.165) is 35.9 Å². The highest BCUT2D eigenvalue weighted by Gasteiger charge is 2.18. The SMILES string of the molecule is Cc1nc(N2CCCC2)nc(N)c1-c1ccccc1. The van der Waals surface area contributed by atoms with Crippen LogP contribution in [0.5, 0.6) is 0 Å². The lowest BCUT2D eigenvalue weighted by Crippen LogP contribution is -2.21. The minimum absolute atomic E-state index is 0.570. The number of anilines is 2. The van der Waals surface area contributed by atoms with E-state index in [-0.39, 0.29) is 0 Å². The van der Waals surface area contributed by atoms with Crippen molar-refractivity contribution in [2.75, 3.05) is 23.7 Å². The van der Waals surface area contributed by atoms with Gasteiger partial charge in [0.25, 0.3) is 0 Å². The minimum Gasteiger partial charge on any atom is -0.383 e. The summed E-state index contributed by atoms with van der Waals surface area (Å²) in [5.41, 5.74) is 9.11. The zero-order chi connectivity index (χ0) is 13.2. The van der Waals surface area contributed by atoms with E-state index in [1.807, 2.05) is 37.3 Å². The van der Waals surface area contributed by atoms with Crippen molar-refractivity contribution in [3.05, 3.63) is 36.0 Å². The predicted molar refractivity (Wildman–Crippen MR) is 78.1 cm³/mol. The van der Waals surface area contributed by atoms with Crippen LogP contribution >= 0.6 is 0 Å². The molecule has 1 aliphatic rings. The van der Waals surface area contributed by atoms with Crippen molar-refractivity contribution in [3.8, 4) is 11.1 Å². The third-order valence-corrected chi connectivity index (χ3v) is 3.56. The molecule has 1 saturated heterocycles. The monoisotopic (exact) mass is 254 g/mol. The molecule has 1 fully saturated rings. The molecular formula is C15H18N4. The van der Waals surface area contributed by atoms with Gasteiger partial charge in [-0.2, -0.15) is 4.98 Å². The van der Waals surface area contributed by atoms with Gasteiger partial charge in [-0.3, -0.25) is 0 Å². The highest BCUT2D eigenvalue weighted by Crippen LogP contribution is 2.29. The van der Waals surface area contributed by atoms with Gasteiger partial charge in [0, 0.05) is 18.7 Å². The average Bonchev–Trinajstić information content (AvgIpc) is 2.93. The molecule has 0 aliphatic carbocycles. The predicted octanol–water partition coefficient (Wildman–Crippen LogP) is 2.63. The number of nitrogens with two attached hydrogens (primary N) is 1. The Morgan fingerprint density at radius 3 is 2.37 bits per heavy atom. The Hall–Kier alpha value is -2.10. The molecule has 98 valence electrons. The lowest BCUT2D eigenvalue weighted by molar-refractivity contribution is 0.893. The van der Waals surface area contributed by atoms with Gasteiger partial charge in [-0.05, 0) is 25.3 Å². The summed E-state index contributed by atoms with van der Waals surface area (Å²) < 4.78 is 0. The third-order valence-electron chi connectivity index (χ3n) is 3.56. The van der Waals surface area contributed by atoms with Crippen molar-refractivity contribution in [3.63, 3.8) is 0 Å². The van der Waals surface area contributed by atoms with Gasteiger partial charge >= 0.3 is 0 Å². The summed E-state index contributed by atoms with van der Waals surface area (Å²) in [7, 11) is 0. The van der Waals surface area contributed by atoms with Crippen LogP contribution in [0.3, 0.4) is 0 Å². The normalized spacial score (nSPS) is 14.9. The standard InChI is InChI=1S/C15H18N4/c1-11-13(12-7-3-2-4-8-12)14(16)18-15(17-11)19-9-5-6-10-19/h2-4,7-8H,5-6,9-10H2,1H3,(H2,16,17,18). The van der Waals surface area contributed by atoms with Crippen molar-refractivity contribution < 1.29 is 0 Å². The van der Waals surface area contributed by atoms with Crippen LogP contribution in [-0.2, 0) is 0 Å². The molecule has 4 heteroatoms. The molecule has 0 amide bonds. The van der Waals surface area contributed by atoms with Gasteiger partial charge in [-0.1, -0.05) is 30.3 Å². The molecule has 1 aromatic carbocycles. The molecule has 0 unspecified atom stereocenters. The topological polar surface area (TPSA) is 55.0 Å². The van der Waals surface area contributed by atoms with E-state index in [2.05, 4.69) is 14.9 Å². The molecule has 2 heterocycles. The van der Waals surface area contributed by atoms with Crippen LogP contribution in [0.2, 0.25) is 0 Å². The molecule has 0 saturated carbocycles. The van der Waals surface area contributed by atoms with Gasteiger partial charge in [0.15, 0.2) is 0 Å². The molecule has 2 N–H and O–H groups in total. The molecule has 19 heavy (non-hydrogen) atoms. The largest absolute Gasteiger partial charge is 0.383 e. The number of aromatic nitrogens is 2. The van der Waals surface area contributed by atoms with Crippen LogP contribution in [0.15, 0.2) is 30.3 Å². The second-order valence-corrected chi connectivity index (χ2v) is 4.93. The molecule has 0 bridgehead atoms. The quantitative estimate of drug-likeness (QED) is 0.895. The van der Waals surface area contributed by atoms with E-state index >= 15 is 0 Å².